The van der Waals surface area contributed by atoms with Crippen LogP contribution in [-0.2, 0) is 6.61 Å². The molecule has 0 spiro atoms. The molecular formula is C15H16ClN3O3. The predicted molar refractivity (Wildman–Crippen MR) is 85.3 cm³/mol. The number of halogens is 1. The van der Waals surface area contributed by atoms with Gasteiger partial charge in [-0.15, -0.1) is 12.4 Å². The molecule has 1 heterocycles. The van der Waals surface area contributed by atoms with Gasteiger partial charge in [0.1, 0.15) is 5.75 Å². The Morgan fingerprint density at radius 1 is 1.36 bits per heavy atom. The zero-order valence-corrected chi connectivity index (χ0v) is 12.7. The van der Waals surface area contributed by atoms with Crippen molar-refractivity contribution in [1.82, 2.24) is 10.4 Å². The first-order chi connectivity index (χ1) is 10.1. The Morgan fingerprint density at radius 2 is 2.05 bits per heavy atom. The molecule has 0 bridgehead atoms. The van der Waals surface area contributed by atoms with E-state index in [0.717, 1.165) is 0 Å². The fourth-order valence-corrected chi connectivity index (χ4v) is 1.73. The first-order valence-electron chi connectivity index (χ1n) is 6.30. The number of aromatic hydroxyl groups is 1. The summed E-state index contributed by atoms with van der Waals surface area (Å²) in [7, 11) is 0. The minimum absolute atomic E-state index is 0. The number of pyridine rings is 1. The molecule has 0 unspecified atom stereocenters. The van der Waals surface area contributed by atoms with Crippen molar-refractivity contribution in [1.29, 1.82) is 0 Å². The van der Waals surface area contributed by atoms with Gasteiger partial charge in [-0.2, -0.15) is 5.10 Å². The van der Waals surface area contributed by atoms with E-state index in [1.165, 1.54) is 12.4 Å². The second kappa shape index (κ2) is 8.11. The average Bonchev–Trinajstić information content (AvgIpc) is 2.52. The van der Waals surface area contributed by atoms with Gasteiger partial charge in [0.25, 0.3) is 5.91 Å². The number of nitrogens with zero attached hydrogens (tertiary/aromatic N) is 2. The summed E-state index contributed by atoms with van der Waals surface area (Å²) in [5.74, 6) is -0.429. The number of aliphatic hydroxyl groups excluding tert-OH is 1. The SMILES string of the molecule is Cc1ncc(CO)c(/C=N/NC(=O)c2ccccc2)c1O.Cl. The summed E-state index contributed by atoms with van der Waals surface area (Å²) in [6, 6.07) is 8.64. The number of aromatic nitrogens is 1. The number of benzene rings is 1. The first-order valence-corrected chi connectivity index (χ1v) is 6.30. The fourth-order valence-electron chi connectivity index (χ4n) is 1.73. The highest BCUT2D eigenvalue weighted by Gasteiger charge is 2.09. The number of carbonyl (C=O) groups excluding carboxylic acids is 1. The molecular weight excluding hydrogens is 306 g/mol. The quantitative estimate of drug-likeness (QED) is 0.591. The lowest BCUT2D eigenvalue weighted by molar-refractivity contribution is 0.0955. The highest BCUT2D eigenvalue weighted by atomic mass is 35.5. The number of carbonyl (C=O) groups is 1. The van der Waals surface area contributed by atoms with Crippen LogP contribution in [0.1, 0.15) is 27.2 Å². The van der Waals surface area contributed by atoms with Crippen LogP contribution in [0.3, 0.4) is 0 Å². The van der Waals surface area contributed by atoms with E-state index in [2.05, 4.69) is 15.5 Å². The maximum Gasteiger partial charge on any atom is 0.271 e. The van der Waals surface area contributed by atoms with Gasteiger partial charge in [-0.1, -0.05) is 18.2 Å². The van der Waals surface area contributed by atoms with Crippen molar-refractivity contribution in [3.8, 4) is 5.75 Å². The molecule has 7 heteroatoms. The summed E-state index contributed by atoms with van der Waals surface area (Å²) in [4.78, 5) is 15.7. The summed E-state index contributed by atoms with van der Waals surface area (Å²) >= 11 is 0. The van der Waals surface area contributed by atoms with E-state index >= 15 is 0 Å². The van der Waals surface area contributed by atoms with E-state index in [4.69, 9.17) is 0 Å². The Hall–Kier alpha value is -2.44. The van der Waals surface area contributed by atoms with Crippen LogP contribution in [0, 0.1) is 6.92 Å². The molecule has 0 aliphatic heterocycles. The molecule has 0 aliphatic carbocycles. The van der Waals surface area contributed by atoms with Crippen molar-refractivity contribution in [3.05, 3.63) is 58.9 Å². The highest BCUT2D eigenvalue weighted by molar-refractivity contribution is 5.95. The van der Waals surface area contributed by atoms with E-state index in [1.54, 1.807) is 31.2 Å². The van der Waals surface area contributed by atoms with Gasteiger partial charge in [-0.25, -0.2) is 5.43 Å². The first kappa shape index (κ1) is 17.6. The minimum Gasteiger partial charge on any atom is -0.505 e. The van der Waals surface area contributed by atoms with Gasteiger partial charge >= 0.3 is 0 Å². The third-order valence-electron chi connectivity index (χ3n) is 2.92. The molecule has 22 heavy (non-hydrogen) atoms. The third-order valence-corrected chi connectivity index (χ3v) is 2.92. The molecule has 0 saturated carbocycles. The summed E-state index contributed by atoms with van der Waals surface area (Å²) in [5.41, 5.74) is 4.02. The molecule has 116 valence electrons. The highest BCUT2D eigenvalue weighted by Crippen LogP contribution is 2.21. The molecule has 1 amide bonds. The van der Waals surface area contributed by atoms with Crippen molar-refractivity contribution < 1.29 is 15.0 Å². The summed E-state index contributed by atoms with van der Waals surface area (Å²) in [6.07, 6.45) is 2.74. The number of rotatable bonds is 4. The van der Waals surface area contributed by atoms with E-state index in [0.29, 0.717) is 22.4 Å². The monoisotopic (exact) mass is 321 g/mol. The second-order valence-electron chi connectivity index (χ2n) is 4.35. The Bertz CT molecular complexity index is 675. The van der Waals surface area contributed by atoms with Gasteiger partial charge in [-0.05, 0) is 19.1 Å². The van der Waals surface area contributed by atoms with Gasteiger partial charge in [0.05, 0.1) is 18.5 Å². The van der Waals surface area contributed by atoms with Crippen molar-refractivity contribution in [3.63, 3.8) is 0 Å². The number of aliphatic hydroxyl groups is 1. The normalized spacial score (nSPS) is 10.3. The van der Waals surface area contributed by atoms with Crippen LogP contribution in [0.5, 0.6) is 5.75 Å². The number of aryl methyl sites for hydroxylation is 1. The Balaban J connectivity index is 0.00000242. The smallest absolute Gasteiger partial charge is 0.271 e. The van der Waals surface area contributed by atoms with Crippen LogP contribution in [0.15, 0.2) is 41.6 Å². The van der Waals surface area contributed by atoms with Crippen LogP contribution in [0.25, 0.3) is 0 Å². The minimum atomic E-state index is -0.359. The molecule has 3 N–H and O–H groups in total. The van der Waals surface area contributed by atoms with Crippen molar-refractivity contribution in [2.75, 3.05) is 0 Å². The molecule has 2 rings (SSSR count). The topological polar surface area (TPSA) is 94.8 Å². The Morgan fingerprint density at radius 3 is 2.68 bits per heavy atom. The van der Waals surface area contributed by atoms with Gasteiger partial charge in [-0.3, -0.25) is 9.78 Å². The lowest BCUT2D eigenvalue weighted by Crippen LogP contribution is -2.17. The summed E-state index contributed by atoms with van der Waals surface area (Å²) < 4.78 is 0. The van der Waals surface area contributed by atoms with Gasteiger partial charge in [0.2, 0.25) is 0 Å². The van der Waals surface area contributed by atoms with E-state index in [1.807, 2.05) is 6.07 Å². The summed E-state index contributed by atoms with van der Waals surface area (Å²) in [5, 5.41) is 22.9. The van der Waals surface area contributed by atoms with E-state index in [9.17, 15) is 15.0 Å². The number of hydrazone groups is 1. The molecule has 2 aromatic rings. The average molecular weight is 322 g/mol. The fraction of sp³-hybridized carbons (Fsp3) is 0.133. The molecule has 0 fully saturated rings. The van der Waals surface area contributed by atoms with Crippen molar-refractivity contribution in [2.45, 2.75) is 13.5 Å². The molecule has 0 saturated heterocycles. The number of hydrogen-bond donors (Lipinski definition) is 3. The molecule has 0 aliphatic rings. The van der Waals surface area contributed by atoms with E-state index < -0.39 is 0 Å². The third kappa shape index (κ3) is 4.03. The molecule has 0 radical (unpaired) electrons. The predicted octanol–water partition coefficient (Wildman–Crippen LogP) is 1.77. The maximum absolute atomic E-state index is 11.8. The van der Waals surface area contributed by atoms with Crippen molar-refractivity contribution in [2.24, 2.45) is 5.10 Å². The maximum atomic E-state index is 11.8. The van der Waals surface area contributed by atoms with Gasteiger partial charge in [0, 0.05) is 22.9 Å². The van der Waals surface area contributed by atoms with Crippen LogP contribution < -0.4 is 5.43 Å². The largest absolute Gasteiger partial charge is 0.505 e. The van der Waals surface area contributed by atoms with E-state index in [-0.39, 0.29) is 30.7 Å². The number of amides is 1. The van der Waals surface area contributed by atoms with Crippen LogP contribution in [0.4, 0.5) is 0 Å². The Labute approximate surface area is 133 Å². The van der Waals surface area contributed by atoms with Crippen LogP contribution in [0.2, 0.25) is 0 Å². The van der Waals surface area contributed by atoms with Gasteiger partial charge in [0.15, 0.2) is 0 Å². The lowest BCUT2D eigenvalue weighted by Gasteiger charge is -2.07. The van der Waals surface area contributed by atoms with Crippen LogP contribution >= 0.6 is 12.4 Å². The molecule has 1 aromatic carbocycles. The zero-order valence-electron chi connectivity index (χ0n) is 11.9. The zero-order chi connectivity index (χ0) is 15.2. The van der Waals surface area contributed by atoms with Crippen molar-refractivity contribution >= 4 is 24.5 Å². The number of hydrogen-bond acceptors (Lipinski definition) is 5. The number of nitrogens with one attached hydrogen (secondary N) is 1. The summed E-state index contributed by atoms with van der Waals surface area (Å²) in [6.45, 7) is 1.35. The molecule has 6 nitrogen and oxygen atoms in total. The molecule has 1 aromatic heterocycles. The molecule has 0 atom stereocenters. The second-order valence-corrected chi connectivity index (χ2v) is 4.35. The Kier molecular flexibility index (Phi) is 6.49. The lowest BCUT2D eigenvalue weighted by atomic mass is 10.1. The standard InChI is InChI=1S/C15H15N3O3.ClH/c1-10-14(20)13(12(9-19)7-16-10)8-17-18-15(21)11-5-3-2-4-6-11;/h2-8,19-20H,9H2,1H3,(H,18,21);1H/b17-8+;. The van der Waals surface area contributed by atoms with Crippen LogP contribution in [-0.4, -0.2) is 27.3 Å². The van der Waals surface area contributed by atoms with Gasteiger partial charge < -0.3 is 10.2 Å².